The SMILES string of the molecule is O=C1CCCC12SCCCS2. The van der Waals surface area contributed by atoms with Gasteiger partial charge < -0.3 is 0 Å². The van der Waals surface area contributed by atoms with Crippen LogP contribution in [0.3, 0.4) is 0 Å². The number of rotatable bonds is 0. The molecule has 1 aliphatic heterocycles. The van der Waals surface area contributed by atoms with Crippen LogP contribution in [0, 0.1) is 0 Å². The summed E-state index contributed by atoms with van der Waals surface area (Å²) in [6.45, 7) is 0. The van der Waals surface area contributed by atoms with Gasteiger partial charge in [0, 0.05) is 6.42 Å². The van der Waals surface area contributed by atoms with Gasteiger partial charge in [-0.2, -0.15) is 0 Å². The normalized spacial score (nSPS) is 29.6. The van der Waals surface area contributed by atoms with E-state index < -0.39 is 0 Å². The number of Topliss-reactive ketones (excluding diaryl/α,β-unsaturated/α-hetero) is 1. The van der Waals surface area contributed by atoms with E-state index in [2.05, 4.69) is 0 Å². The Morgan fingerprint density at radius 1 is 1.18 bits per heavy atom. The van der Waals surface area contributed by atoms with Gasteiger partial charge in [0.25, 0.3) is 0 Å². The minimum atomic E-state index is 0.0260. The molecule has 2 rings (SSSR count). The molecule has 0 aromatic carbocycles. The minimum absolute atomic E-state index is 0.0260. The summed E-state index contributed by atoms with van der Waals surface area (Å²) in [4.78, 5) is 11.5. The molecule has 2 fully saturated rings. The van der Waals surface area contributed by atoms with E-state index in [0.717, 1.165) is 19.3 Å². The van der Waals surface area contributed by atoms with Crippen LogP contribution in [0.5, 0.6) is 0 Å². The highest BCUT2D eigenvalue weighted by Gasteiger charge is 2.43. The van der Waals surface area contributed by atoms with Crippen LogP contribution < -0.4 is 0 Å². The first kappa shape index (κ1) is 7.99. The Labute approximate surface area is 75.7 Å². The van der Waals surface area contributed by atoms with Crippen molar-refractivity contribution in [2.24, 2.45) is 0 Å². The fraction of sp³-hybridized carbons (Fsp3) is 0.875. The quantitative estimate of drug-likeness (QED) is 0.580. The molecule has 0 N–H and O–H groups in total. The van der Waals surface area contributed by atoms with Crippen molar-refractivity contribution >= 4 is 29.3 Å². The number of hydrogen-bond acceptors (Lipinski definition) is 3. The molecule has 1 saturated heterocycles. The molecule has 1 saturated carbocycles. The largest absolute Gasteiger partial charge is 0.297 e. The lowest BCUT2D eigenvalue weighted by Crippen LogP contribution is -2.29. The predicted octanol–water partition coefficient (Wildman–Crippen LogP) is 2.31. The molecule has 0 aromatic heterocycles. The van der Waals surface area contributed by atoms with Crippen LogP contribution in [0.15, 0.2) is 0 Å². The van der Waals surface area contributed by atoms with Crippen molar-refractivity contribution in [2.45, 2.75) is 29.8 Å². The van der Waals surface area contributed by atoms with Gasteiger partial charge in [-0.3, -0.25) is 4.79 Å². The van der Waals surface area contributed by atoms with Gasteiger partial charge in [-0.05, 0) is 30.8 Å². The molecule has 1 aliphatic carbocycles. The third kappa shape index (κ3) is 1.33. The monoisotopic (exact) mass is 188 g/mol. The first-order valence-corrected chi connectivity index (χ1v) is 6.12. The second-order valence-electron chi connectivity index (χ2n) is 3.08. The highest BCUT2D eigenvalue weighted by molar-refractivity contribution is 8.19. The van der Waals surface area contributed by atoms with E-state index in [0.29, 0.717) is 5.78 Å². The van der Waals surface area contributed by atoms with Crippen LogP contribution in [0.25, 0.3) is 0 Å². The van der Waals surface area contributed by atoms with E-state index in [1.54, 1.807) is 0 Å². The fourth-order valence-electron chi connectivity index (χ4n) is 1.69. The standard InChI is InChI=1S/C8H12OS2/c9-7-3-1-4-8(7)10-5-2-6-11-8/h1-6H2. The van der Waals surface area contributed by atoms with Gasteiger partial charge in [-0.15, -0.1) is 23.5 Å². The Morgan fingerprint density at radius 2 is 1.91 bits per heavy atom. The maximum Gasteiger partial charge on any atom is 0.158 e. The second-order valence-corrected chi connectivity index (χ2v) is 6.13. The Balaban J connectivity index is 2.12. The molecule has 0 radical (unpaired) electrons. The molecule has 1 spiro atoms. The number of ketones is 1. The lowest BCUT2D eigenvalue weighted by atomic mass is 10.3. The third-order valence-corrected chi connectivity index (χ3v) is 5.78. The van der Waals surface area contributed by atoms with E-state index in [9.17, 15) is 4.79 Å². The van der Waals surface area contributed by atoms with E-state index in [1.807, 2.05) is 23.5 Å². The van der Waals surface area contributed by atoms with Crippen LogP contribution in [0.2, 0.25) is 0 Å². The van der Waals surface area contributed by atoms with Crippen LogP contribution in [-0.2, 0) is 4.79 Å². The topological polar surface area (TPSA) is 17.1 Å². The number of carbonyl (C=O) groups excluding carboxylic acids is 1. The van der Waals surface area contributed by atoms with Crippen LogP contribution in [-0.4, -0.2) is 21.4 Å². The van der Waals surface area contributed by atoms with E-state index in [1.165, 1.54) is 17.9 Å². The summed E-state index contributed by atoms with van der Waals surface area (Å²) in [5, 5.41) is 0. The molecule has 0 atom stereocenters. The molecule has 1 nitrogen and oxygen atoms in total. The minimum Gasteiger partial charge on any atom is -0.297 e. The van der Waals surface area contributed by atoms with Crippen molar-refractivity contribution in [1.29, 1.82) is 0 Å². The summed E-state index contributed by atoms with van der Waals surface area (Å²) >= 11 is 3.79. The van der Waals surface area contributed by atoms with Gasteiger partial charge in [0.1, 0.15) is 4.08 Å². The lowest BCUT2D eigenvalue weighted by molar-refractivity contribution is -0.117. The van der Waals surface area contributed by atoms with E-state index in [4.69, 9.17) is 0 Å². The summed E-state index contributed by atoms with van der Waals surface area (Å²) in [5.41, 5.74) is 0. The van der Waals surface area contributed by atoms with Crippen molar-refractivity contribution in [1.82, 2.24) is 0 Å². The molecular formula is C8H12OS2. The average molecular weight is 188 g/mol. The Kier molecular flexibility index (Phi) is 2.19. The summed E-state index contributed by atoms with van der Waals surface area (Å²) in [5.74, 6) is 2.89. The number of hydrogen-bond donors (Lipinski definition) is 0. The van der Waals surface area contributed by atoms with Crippen LogP contribution >= 0.6 is 23.5 Å². The maximum atomic E-state index is 11.5. The molecule has 3 heteroatoms. The molecule has 0 bridgehead atoms. The van der Waals surface area contributed by atoms with Gasteiger partial charge >= 0.3 is 0 Å². The Morgan fingerprint density at radius 3 is 2.45 bits per heavy atom. The molecular weight excluding hydrogens is 176 g/mol. The van der Waals surface area contributed by atoms with Gasteiger partial charge in [0.2, 0.25) is 0 Å². The molecule has 0 aromatic rings. The van der Waals surface area contributed by atoms with Crippen molar-refractivity contribution in [3.8, 4) is 0 Å². The molecule has 0 unspecified atom stereocenters. The molecule has 2 aliphatic rings. The maximum absolute atomic E-state index is 11.5. The fourth-order valence-corrected chi connectivity index (χ4v) is 5.05. The zero-order valence-corrected chi connectivity index (χ0v) is 8.10. The highest BCUT2D eigenvalue weighted by Crippen LogP contribution is 2.50. The van der Waals surface area contributed by atoms with E-state index in [-0.39, 0.29) is 4.08 Å². The van der Waals surface area contributed by atoms with Crippen molar-refractivity contribution in [3.63, 3.8) is 0 Å². The number of carbonyl (C=O) groups is 1. The zero-order valence-electron chi connectivity index (χ0n) is 6.47. The highest BCUT2D eigenvalue weighted by atomic mass is 32.2. The number of thioether (sulfide) groups is 2. The lowest BCUT2D eigenvalue weighted by Gasteiger charge is -2.29. The van der Waals surface area contributed by atoms with E-state index >= 15 is 0 Å². The van der Waals surface area contributed by atoms with Crippen molar-refractivity contribution in [3.05, 3.63) is 0 Å². The molecule has 11 heavy (non-hydrogen) atoms. The van der Waals surface area contributed by atoms with Gasteiger partial charge in [-0.25, -0.2) is 0 Å². The van der Waals surface area contributed by atoms with Crippen molar-refractivity contribution in [2.75, 3.05) is 11.5 Å². The zero-order chi connectivity index (χ0) is 7.73. The second kappa shape index (κ2) is 3.02. The summed E-state index contributed by atoms with van der Waals surface area (Å²) < 4.78 is 0.0260. The van der Waals surface area contributed by atoms with Gasteiger partial charge in [0.15, 0.2) is 5.78 Å². The summed E-state index contributed by atoms with van der Waals surface area (Å²) in [6.07, 6.45) is 4.37. The average Bonchev–Trinajstić information content (AvgIpc) is 2.36. The Hall–Kier alpha value is 0.370. The molecule has 0 amide bonds. The molecule has 1 heterocycles. The summed E-state index contributed by atoms with van der Waals surface area (Å²) in [6, 6.07) is 0. The predicted molar refractivity (Wildman–Crippen MR) is 51.1 cm³/mol. The first-order valence-electron chi connectivity index (χ1n) is 4.15. The third-order valence-electron chi connectivity index (χ3n) is 2.29. The van der Waals surface area contributed by atoms with Gasteiger partial charge in [-0.1, -0.05) is 0 Å². The first-order chi connectivity index (χ1) is 5.33. The van der Waals surface area contributed by atoms with Crippen LogP contribution in [0.1, 0.15) is 25.7 Å². The van der Waals surface area contributed by atoms with Gasteiger partial charge in [0.05, 0.1) is 0 Å². The Bertz CT molecular complexity index is 173. The van der Waals surface area contributed by atoms with Crippen LogP contribution in [0.4, 0.5) is 0 Å². The molecule has 62 valence electrons. The van der Waals surface area contributed by atoms with Crippen molar-refractivity contribution < 1.29 is 4.79 Å². The summed E-state index contributed by atoms with van der Waals surface area (Å²) in [7, 11) is 0. The smallest absolute Gasteiger partial charge is 0.158 e.